The molecule has 5 nitrogen and oxygen atoms in total. The Morgan fingerprint density at radius 2 is 1.80 bits per heavy atom. The number of halogens is 1. The van der Waals surface area contributed by atoms with Crippen molar-refractivity contribution in [3.05, 3.63) is 87.6 Å². The van der Waals surface area contributed by atoms with Gasteiger partial charge in [-0.1, -0.05) is 18.2 Å². The van der Waals surface area contributed by atoms with Crippen LogP contribution in [0.2, 0.25) is 0 Å². The maximum Gasteiger partial charge on any atom is 0.160 e. The molecule has 1 aliphatic rings. The molecule has 1 N–H and O–H groups in total. The molecule has 0 atom stereocenters. The van der Waals surface area contributed by atoms with Crippen molar-refractivity contribution < 1.29 is 4.39 Å². The van der Waals surface area contributed by atoms with Crippen molar-refractivity contribution in [3.8, 4) is 5.00 Å². The first-order chi connectivity index (χ1) is 14.5. The molecule has 30 heavy (non-hydrogen) atoms. The van der Waals surface area contributed by atoms with Gasteiger partial charge < -0.3 is 5.32 Å². The fourth-order valence-electron chi connectivity index (χ4n) is 3.73. The topological polar surface area (TPSA) is 55.1 Å². The zero-order chi connectivity index (χ0) is 20.8. The molecule has 2 aromatic carbocycles. The van der Waals surface area contributed by atoms with Crippen molar-refractivity contribution in [3.63, 3.8) is 0 Å². The van der Waals surface area contributed by atoms with E-state index in [2.05, 4.69) is 46.1 Å². The molecule has 4 aromatic rings. The largest absolute Gasteiger partial charge is 0.355 e. The summed E-state index contributed by atoms with van der Waals surface area (Å²) in [4.78, 5) is 6.18. The first-order valence-corrected chi connectivity index (χ1v) is 10.5. The number of anilines is 2. The van der Waals surface area contributed by atoms with E-state index >= 15 is 0 Å². The Morgan fingerprint density at radius 3 is 2.57 bits per heavy atom. The van der Waals surface area contributed by atoms with Crippen LogP contribution in [0.3, 0.4) is 0 Å². The predicted octanol–water partition coefficient (Wildman–Crippen LogP) is 5.49. The number of hydrogen-bond acceptors (Lipinski definition) is 5. The monoisotopic (exact) mass is 417 g/mol. The second-order valence-corrected chi connectivity index (χ2v) is 8.54. The average Bonchev–Trinajstić information content (AvgIpc) is 3.17. The maximum absolute atomic E-state index is 13.4. The van der Waals surface area contributed by atoms with E-state index in [-0.39, 0.29) is 5.82 Å². The van der Waals surface area contributed by atoms with E-state index in [1.54, 1.807) is 17.4 Å². The summed E-state index contributed by atoms with van der Waals surface area (Å²) in [6.07, 6.45) is 0. The maximum atomic E-state index is 13.4. The van der Waals surface area contributed by atoms with E-state index in [9.17, 15) is 4.39 Å². The molecule has 0 saturated carbocycles. The molecule has 3 heterocycles. The number of thiophene rings is 1. The van der Waals surface area contributed by atoms with Crippen LogP contribution in [0, 0.1) is 26.6 Å². The molecule has 0 radical (unpaired) electrons. The predicted molar refractivity (Wildman–Crippen MR) is 119 cm³/mol. The molecule has 150 valence electrons. The molecule has 7 heteroatoms. The third-order valence-corrected chi connectivity index (χ3v) is 6.54. The van der Waals surface area contributed by atoms with E-state index in [0.29, 0.717) is 6.54 Å². The highest BCUT2D eigenvalue weighted by molar-refractivity contribution is 7.15. The third kappa shape index (κ3) is 3.11. The summed E-state index contributed by atoms with van der Waals surface area (Å²) < 4.78 is 15.6. The number of rotatable bonds is 3. The zero-order valence-corrected chi connectivity index (χ0v) is 17.7. The Balaban J connectivity index is 1.54. The zero-order valence-electron chi connectivity index (χ0n) is 16.9. The lowest BCUT2D eigenvalue weighted by Gasteiger charge is -2.11. The Morgan fingerprint density at radius 1 is 1.00 bits per heavy atom. The highest BCUT2D eigenvalue weighted by Crippen LogP contribution is 2.36. The molecule has 0 bridgehead atoms. The molecular formula is C23H20FN5S. The molecule has 0 spiro atoms. The Hall–Kier alpha value is -3.32. The van der Waals surface area contributed by atoms with Gasteiger partial charge in [0.25, 0.3) is 0 Å². The van der Waals surface area contributed by atoms with Crippen molar-refractivity contribution in [1.29, 1.82) is 0 Å². The van der Waals surface area contributed by atoms with Crippen molar-refractivity contribution in [2.45, 2.75) is 27.3 Å². The van der Waals surface area contributed by atoms with Crippen LogP contribution < -0.4 is 5.32 Å². The number of benzene rings is 2. The molecule has 0 unspecified atom stereocenters. The van der Waals surface area contributed by atoms with E-state index in [1.165, 1.54) is 22.6 Å². The van der Waals surface area contributed by atoms with Gasteiger partial charge in [0.05, 0.1) is 5.71 Å². The molecule has 0 aliphatic carbocycles. The van der Waals surface area contributed by atoms with E-state index in [4.69, 9.17) is 4.99 Å². The minimum Gasteiger partial charge on any atom is -0.355 e. The minimum absolute atomic E-state index is 0.262. The van der Waals surface area contributed by atoms with Gasteiger partial charge in [0.2, 0.25) is 0 Å². The number of nitrogens with one attached hydrogen (secondary N) is 1. The van der Waals surface area contributed by atoms with Crippen LogP contribution in [0.4, 0.5) is 15.8 Å². The van der Waals surface area contributed by atoms with Gasteiger partial charge in [0.1, 0.15) is 23.2 Å². The van der Waals surface area contributed by atoms with Gasteiger partial charge in [-0.25, -0.2) is 4.39 Å². The molecule has 0 amide bonds. The SMILES string of the molecule is Cc1sc2c(c1C)C(c1ccc(Nc3cccc(F)c3)cc1)=NCc1nnc(C)n1-2. The van der Waals surface area contributed by atoms with Gasteiger partial charge in [-0.2, -0.15) is 0 Å². The number of aliphatic imine (C=N–C) groups is 1. The number of aromatic nitrogens is 3. The summed E-state index contributed by atoms with van der Waals surface area (Å²) in [7, 11) is 0. The van der Waals surface area contributed by atoms with Crippen LogP contribution in [0.15, 0.2) is 53.5 Å². The normalized spacial score (nSPS) is 12.7. The lowest BCUT2D eigenvalue weighted by molar-refractivity contribution is 0.628. The molecular weight excluding hydrogens is 397 g/mol. The van der Waals surface area contributed by atoms with Crippen LogP contribution in [0.5, 0.6) is 0 Å². The fourth-order valence-corrected chi connectivity index (χ4v) is 4.95. The van der Waals surface area contributed by atoms with Gasteiger partial charge in [0, 0.05) is 27.4 Å². The van der Waals surface area contributed by atoms with Crippen molar-refractivity contribution in [1.82, 2.24) is 14.8 Å². The average molecular weight is 418 g/mol. The lowest BCUT2D eigenvalue weighted by Crippen LogP contribution is -2.07. The quantitative estimate of drug-likeness (QED) is 0.480. The smallest absolute Gasteiger partial charge is 0.160 e. The first-order valence-electron chi connectivity index (χ1n) is 9.70. The van der Waals surface area contributed by atoms with E-state index in [1.807, 2.05) is 25.1 Å². The van der Waals surface area contributed by atoms with E-state index in [0.717, 1.165) is 44.9 Å². The highest BCUT2D eigenvalue weighted by Gasteiger charge is 2.26. The first kappa shape index (κ1) is 18.7. The lowest BCUT2D eigenvalue weighted by atomic mass is 9.99. The summed E-state index contributed by atoms with van der Waals surface area (Å²) in [5.74, 6) is 1.47. The van der Waals surface area contributed by atoms with Gasteiger partial charge in [-0.15, -0.1) is 21.5 Å². The summed E-state index contributed by atoms with van der Waals surface area (Å²) in [5, 5.41) is 12.9. The Bertz CT molecular complexity index is 1280. The van der Waals surface area contributed by atoms with Gasteiger partial charge in [-0.05, 0) is 56.7 Å². The highest BCUT2D eigenvalue weighted by atomic mass is 32.1. The summed E-state index contributed by atoms with van der Waals surface area (Å²) >= 11 is 1.75. The molecule has 2 aromatic heterocycles. The van der Waals surface area contributed by atoms with Gasteiger partial charge in [0.15, 0.2) is 5.82 Å². The third-order valence-electron chi connectivity index (χ3n) is 5.35. The van der Waals surface area contributed by atoms with E-state index < -0.39 is 0 Å². The number of nitrogens with zero attached hydrogens (tertiary/aromatic N) is 4. The standard InChI is InChI=1S/C23H20FN5S/c1-13-14(2)30-23-21(13)22(25-12-20-28-27-15(3)29(20)23)16-7-9-18(10-8-16)26-19-6-4-5-17(24)11-19/h4-11,26H,12H2,1-3H3. The second kappa shape index (κ2) is 7.18. The second-order valence-electron chi connectivity index (χ2n) is 7.34. The van der Waals surface area contributed by atoms with Crippen LogP contribution >= 0.6 is 11.3 Å². The van der Waals surface area contributed by atoms with Gasteiger partial charge >= 0.3 is 0 Å². The molecule has 0 saturated heterocycles. The molecule has 0 fully saturated rings. The minimum atomic E-state index is -0.262. The number of aryl methyl sites for hydroxylation is 2. The number of hydrogen-bond donors (Lipinski definition) is 1. The summed E-state index contributed by atoms with van der Waals surface area (Å²) in [5.41, 5.74) is 5.99. The van der Waals surface area contributed by atoms with Crippen LogP contribution in [-0.4, -0.2) is 20.5 Å². The molecule has 5 rings (SSSR count). The summed E-state index contributed by atoms with van der Waals surface area (Å²) in [6, 6.07) is 14.5. The van der Waals surface area contributed by atoms with Crippen molar-refractivity contribution >= 4 is 28.4 Å². The molecule has 1 aliphatic heterocycles. The Labute approximate surface area is 177 Å². The Kier molecular flexibility index (Phi) is 4.47. The number of fused-ring (bicyclic) bond motifs is 3. The van der Waals surface area contributed by atoms with Crippen LogP contribution in [-0.2, 0) is 6.54 Å². The summed E-state index contributed by atoms with van der Waals surface area (Å²) in [6.45, 7) is 6.74. The fraction of sp³-hybridized carbons (Fsp3) is 0.174. The van der Waals surface area contributed by atoms with Crippen molar-refractivity contribution in [2.75, 3.05) is 5.32 Å². The van der Waals surface area contributed by atoms with Crippen molar-refractivity contribution in [2.24, 2.45) is 4.99 Å². The van der Waals surface area contributed by atoms with Crippen LogP contribution in [0.25, 0.3) is 5.00 Å². The van der Waals surface area contributed by atoms with Gasteiger partial charge in [-0.3, -0.25) is 9.56 Å². The van der Waals surface area contributed by atoms with Crippen LogP contribution in [0.1, 0.15) is 33.2 Å².